The van der Waals surface area contributed by atoms with Gasteiger partial charge in [-0.25, -0.2) is 0 Å². The molecule has 0 aromatic carbocycles. The van der Waals surface area contributed by atoms with Crippen molar-refractivity contribution in [3.63, 3.8) is 0 Å². The number of ether oxygens (including phenoxy) is 1. The maximum atomic E-state index is 12.9. The lowest BCUT2D eigenvalue weighted by atomic mass is 9.88. The van der Waals surface area contributed by atoms with Crippen LogP contribution in [0.2, 0.25) is 0 Å². The van der Waals surface area contributed by atoms with Gasteiger partial charge in [0.15, 0.2) is 0 Å². The lowest BCUT2D eigenvalue weighted by molar-refractivity contribution is -0.160. The molecule has 5 nitrogen and oxygen atoms in total. The molecule has 5 heteroatoms. The molecule has 0 aromatic rings. The van der Waals surface area contributed by atoms with Crippen molar-refractivity contribution >= 4 is 11.8 Å². The molecule has 2 rings (SSSR count). The van der Waals surface area contributed by atoms with E-state index in [-0.39, 0.29) is 35.4 Å². The summed E-state index contributed by atoms with van der Waals surface area (Å²) in [5, 5.41) is 2.89. The Hall–Kier alpha value is -1.10. The van der Waals surface area contributed by atoms with E-state index < -0.39 is 6.04 Å². The molecular formula is C16H28N2O3. The highest BCUT2D eigenvalue weighted by Crippen LogP contribution is 2.31. The summed E-state index contributed by atoms with van der Waals surface area (Å²) in [6.45, 7) is 10.7. The smallest absolute Gasteiger partial charge is 0.246 e. The van der Waals surface area contributed by atoms with Crippen LogP contribution in [0.15, 0.2) is 0 Å². The number of rotatable bonds is 3. The molecule has 0 bridgehead atoms. The van der Waals surface area contributed by atoms with E-state index in [0.29, 0.717) is 13.0 Å². The van der Waals surface area contributed by atoms with Crippen LogP contribution in [0.1, 0.15) is 53.9 Å². The van der Waals surface area contributed by atoms with Crippen LogP contribution in [-0.2, 0) is 14.3 Å². The lowest BCUT2D eigenvalue weighted by Gasteiger charge is -2.48. The maximum Gasteiger partial charge on any atom is 0.246 e. The minimum Gasteiger partial charge on any atom is -0.375 e. The zero-order valence-corrected chi connectivity index (χ0v) is 13.8. The molecule has 120 valence electrons. The third kappa shape index (κ3) is 3.23. The van der Waals surface area contributed by atoms with Crippen LogP contribution in [0.25, 0.3) is 0 Å². The van der Waals surface area contributed by atoms with Gasteiger partial charge in [-0.05, 0) is 39.0 Å². The summed E-state index contributed by atoms with van der Waals surface area (Å²) in [7, 11) is 0. The van der Waals surface area contributed by atoms with E-state index in [0.717, 1.165) is 12.8 Å². The van der Waals surface area contributed by atoms with Crippen molar-refractivity contribution in [1.29, 1.82) is 0 Å². The molecule has 2 saturated heterocycles. The maximum absolute atomic E-state index is 12.9. The topological polar surface area (TPSA) is 58.6 Å². The molecule has 3 unspecified atom stereocenters. The fourth-order valence-electron chi connectivity index (χ4n) is 3.46. The van der Waals surface area contributed by atoms with Gasteiger partial charge < -0.3 is 15.0 Å². The molecule has 2 heterocycles. The van der Waals surface area contributed by atoms with Crippen LogP contribution in [0, 0.1) is 5.92 Å². The van der Waals surface area contributed by atoms with Crippen molar-refractivity contribution in [3.8, 4) is 0 Å². The second-order valence-electron chi connectivity index (χ2n) is 7.15. The van der Waals surface area contributed by atoms with Gasteiger partial charge in [-0.15, -0.1) is 0 Å². The van der Waals surface area contributed by atoms with Crippen LogP contribution < -0.4 is 5.32 Å². The number of piperazine rings is 1. The van der Waals surface area contributed by atoms with Crippen molar-refractivity contribution in [3.05, 3.63) is 0 Å². The standard InChI is InChI=1S/C16H28N2O3/c1-6-12-14(19)17-13(10(2)3)15(20)18(12)11-7-8-21-16(4,5)9-11/h10-13H,6-9H2,1-5H3,(H,17,19). The van der Waals surface area contributed by atoms with Crippen LogP contribution in [0.5, 0.6) is 0 Å². The molecular weight excluding hydrogens is 268 g/mol. The average molecular weight is 296 g/mol. The summed E-state index contributed by atoms with van der Waals surface area (Å²) >= 11 is 0. The van der Waals surface area contributed by atoms with Gasteiger partial charge in [0.25, 0.3) is 0 Å². The Bertz CT molecular complexity index is 420. The van der Waals surface area contributed by atoms with Gasteiger partial charge in [0.1, 0.15) is 12.1 Å². The van der Waals surface area contributed by atoms with E-state index in [1.807, 2.05) is 25.7 Å². The number of hydrogen-bond donors (Lipinski definition) is 1. The van der Waals surface area contributed by atoms with E-state index in [9.17, 15) is 9.59 Å². The average Bonchev–Trinajstić information content (AvgIpc) is 2.38. The fraction of sp³-hybridized carbons (Fsp3) is 0.875. The lowest BCUT2D eigenvalue weighted by Crippen LogP contribution is -2.67. The molecule has 0 radical (unpaired) electrons. The van der Waals surface area contributed by atoms with Crippen molar-refractivity contribution in [2.45, 2.75) is 77.6 Å². The number of nitrogens with zero attached hydrogens (tertiary/aromatic N) is 1. The van der Waals surface area contributed by atoms with E-state index >= 15 is 0 Å². The van der Waals surface area contributed by atoms with Gasteiger partial charge in [0.05, 0.1) is 5.60 Å². The van der Waals surface area contributed by atoms with Gasteiger partial charge in [-0.2, -0.15) is 0 Å². The van der Waals surface area contributed by atoms with Crippen LogP contribution >= 0.6 is 0 Å². The second kappa shape index (κ2) is 5.95. The van der Waals surface area contributed by atoms with E-state index in [4.69, 9.17) is 4.74 Å². The number of nitrogens with one attached hydrogen (secondary N) is 1. The van der Waals surface area contributed by atoms with E-state index in [1.165, 1.54) is 0 Å². The molecule has 3 atom stereocenters. The minimum absolute atomic E-state index is 0.0138. The molecule has 1 N–H and O–H groups in total. The highest BCUT2D eigenvalue weighted by Gasteiger charge is 2.46. The summed E-state index contributed by atoms with van der Waals surface area (Å²) in [5.41, 5.74) is -0.233. The number of hydrogen-bond acceptors (Lipinski definition) is 3. The third-order valence-corrected chi connectivity index (χ3v) is 4.57. The molecule has 0 aromatic heterocycles. The third-order valence-electron chi connectivity index (χ3n) is 4.57. The zero-order valence-electron chi connectivity index (χ0n) is 13.8. The van der Waals surface area contributed by atoms with Gasteiger partial charge in [-0.1, -0.05) is 20.8 Å². The summed E-state index contributed by atoms with van der Waals surface area (Å²) in [5.74, 6) is 0.161. The summed E-state index contributed by atoms with van der Waals surface area (Å²) in [4.78, 5) is 27.1. The summed E-state index contributed by atoms with van der Waals surface area (Å²) in [6, 6.07) is -0.642. The number of carbonyl (C=O) groups is 2. The quantitative estimate of drug-likeness (QED) is 0.862. The highest BCUT2D eigenvalue weighted by atomic mass is 16.5. The molecule has 0 aliphatic carbocycles. The Morgan fingerprint density at radius 3 is 2.57 bits per heavy atom. The minimum atomic E-state index is -0.397. The predicted octanol–water partition coefficient (Wildman–Crippen LogP) is 1.71. The number of amides is 2. The Morgan fingerprint density at radius 2 is 2.05 bits per heavy atom. The molecule has 2 amide bonds. The Balaban J connectivity index is 2.27. The highest BCUT2D eigenvalue weighted by molar-refractivity contribution is 5.97. The molecule has 2 fully saturated rings. The fourth-order valence-corrected chi connectivity index (χ4v) is 3.46. The molecule has 0 saturated carbocycles. The Morgan fingerprint density at radius 1 is 1.38 bits per heavy atom. The molecule has 21 heavy (non-hydrogen) atoms. The first-order valence-corrected chi connectivity index (χ1v) is 8.03. The van der Waals surface area contributed by atoms with Gasteiger partial charge in [0.2, 0.25) is 11.8 Å². The molecule has 2 aliphatic heterocycles. The zero-order chi connectivity index (χ0) is 15.8. The monoisotopic (exact) mass is 296 g/mol. The van der Waals surface area contributed by atoms with Crippen LogP contribution in [-0.4, -0.2) is 47.0 Å². The van der Waals surface area contributed by atoms with Crippen molar-refractivity contribution < 1.29 is 14.3 Å². The number of carbonyl (C=O) groups excluding carboxylic acids is 2. The largest absolute Gasteiger partial charge is 0.375 e. The van der Waals surface area contributed by atoms with Crippen molar-refractivity contribution in [2.24, 2.45) is 5.92 Å². The Kier molecular flexibility index (Phi) is 4.61. The van der Waals surface area contributed by atoms with Crippen molar-refractivity contribution in [2.75, 3.05) is 6.61 Å². The predicted molar refractivity (Wildman–Crippen MR) is 80.7 cm³/mol. The van der Waals surface area contributed by atoms with E-state index in [1.54, 1.807) is 0 Å². The first kappa shape index (κ1) is 16.3. The second-order valence-corrected chi connectivity index (χ2v) is 7.15. The van der Waals surface area contributed by atoms with Crippen molar-refractivity contribution in [1.82, 2.24) is 10.2 Å². The normalized spacial score (nSPS) is 33.2. The van der Waals surface area contributed by atoms with Crippen LogP contribution in [0.3, 0.4) is 0 Å². The van der Waals surface area contributed by atoms with Gasteiger partial charge in [0, 0.05) is 12.6 Å². The SMILES string of the molecule is CCC1C(=O)NC(C(C)C)C(=O)N1C1CCOC(C)(C)C1. The molecule has 0 spiro atoms. The summed E-state index contributed by atoms with van der Waals surface area (Å²) < 4.78 is 5.75. The Labute approximate surface area is 127 Å². The van der Waals surface area contributed by atoms with E-state index in [2.05, 4.69) is 19.2 Å². The van der Waals surface area contributed by atoms with Gasteiger partial charge >= 0.3 is 0 Å². The first-order valence-electron chi connectivity index (χ1n) is 8.03. The van der Waals surface area contributed by atoms with Gasteiger partial charge in [-0.3, -0.25) is 9.59 Å². The van der Waals surface area contributed by atoms with Crippen LogP contribution in [0.4, 0.5) is 0 Å². The molecule has 2 aliphatic rings. The summed E-state index contributed by atoms with van der Waals surface area (Å²) in [6.07, 6.45) is 2.25. The first-order chi connectivity index (χ1) is 9.76.